The van der Waals surface area contributed by atoms with E-state index in [1.165, 1.54) is 22.5 Å². The van der Waals surface area contributed by atoms with Gasteiger partial charge < -0.3 is 28.1 Å². The summed E-state index contributed by atoms with van der Waals surface area (Å²) in [6.07, 6.45) is 9.53. The number of halogens is 2. The van der Waals surface area contributed by atoms with Crippen LogP contribution in [0.2, 0.25) is 10.0 Å². The number of ketones is 1. The van der Waals surface area contributed by atoms with E-state index < -0.39 is 12.1 Å². The van der Waals surface area contributed by atoms with Gasteiger partial charge in [0.05, 0.1) is 36.3 Å². The predicted octanol–water partition coefficient (Wildman–Crippen LogP) is 8.56. The highest BCUT2D eigenvalue weighted by Gasteiger charge is 2.44. The molecule has 0 amide bonds. The quantitative estimate of drug-likeness (QED) is 0.0831. The fourth-order valence-corrected chi connectivity index (χ4v) is 13.3. The van der Waals surface area contributed by atoms with E-state index in [4.69, 9.17) is 42.1 Å². The molecule has 6 unspecified atom stereocenters. The lowest BCUT2D eigenvalue weighted by Crippen LogP contribution is -2.64. The zero-order valence-electron chi connectivity index (χ0n) is 43.1. The van der Waals surface area contributed by atoms with Crippen molar-refractivity contribution < 1.29 is 23.7 Å². The van der Waals surface area contributed by atoms with E-state index in [0.717, 1.165) is 124 Å². The molecule has 0 N–H and O–H groups in total. The molecule has 0 aliphatic carbocycles. The van der Waals surface area contributed by atoms with Gasteiger partial charge in [0.2, 0.25) is 13.6 Å². The first-order valence-corrected chi connectivity index (χ1v) is 27.9. The molecule has 6 atom stereocenters. The zero-order chi connectivity index (χ0) is 51.4. The number of piperazine rings is 2. The molecule has 0 bridgehead atoms. The Balaban J connectivity index is 0.898. The van der Waals surface area contributed by atoms with Crippen molar-refractivity contribution in [2.24, 2.45) is 0 Å². The van der Waals surface area contributed by atoms with Gasteiger partial charge in [0.15, 0.2) is 17.3 Å². The number of Topliss-reactive ketones (excluding diaryl/α,β-unsaturated/α-hetero) is 1. The van der Waals surface area contributed by atoms with Crippen molar-refractivity contribution in [2.75, 3.05) is 92.1 Å². The summed E-state index contributed by atoms with van der Waals surface area (Å²) in [6, 6.07) is 45.3. The number of hydrogen-bond acceptors (Lipinski definition) is 11. The van der Waals surface area contributed by atoms with E-state index in [-0.39, 0.29) is 43.5 Å². The van der Waals surface area contributed by atoms with Crippen LogP contribution in [0.4, 0.5) is 0 Å². The lowest BCUT2D eigenvalue weighted by Gasteiger charge is -2.48. The minimum Gasteiger partial charge on any atom is -0.462 e. The van der Waals surface area contributed by atoms with Crippen LogP contribution in [0, 0.1) is 0 Å². The number of carbonyl (C=O) groups is 1. The molecule has 0 saturated carbocycles. The molecule has 2 aromatic heterocycles. The third kappa shape index (κ3) is 10.9. The zero-order valence-corrected chi connectivity index (χ0v) is 44.6. The molecular formula is C61H68Cl2N8O5. The van der Waals surface area contributed by atoms with Crippen LogP contribution >= 0.6 is 23.2 Å². The summed E-state index contributed by atoms with van der Waals surface area (Å²) in [5.41, 5.74) is 6.98. The average Bonchev–Trinajstić information content (AvgIpc) is 4.34. The first-order valence-electron chi connectivity index (χ1n) is 27.2. The summed E-state index contributed by atoms with van der Waals surface area (Å²) in [5, 5.41) is 1.46. The maximum atomic E-state index is 16.8. The Morgan fingerprint density at radius 1 is 0.461 bits per heavy atom. The maximum absolute atomic E-state index is 16.8. The molecular weight excluding hydrogens is 996 g/mol. The number of fused-ring (bicyclic) bond motifs is 2. The second-order valence-corrected chi connectivity index (χ2v) is 21.8. The third-order valence-corrected chi connectivity index (χ3v) is 17.5. The minimum atomic E-state index is -0.429. The molecule has 6 aliphatic rings. The van der Waals surface area contributed by atoms with Gasteiger partial charge in [-0.1, -0.05) is 120 Å². The Morgan fingerprint density at radius 2 is 0.855 bits per heavy atom. The van der Waals surface area contributed by atoms with Crippen molar-refractivity contribution in [3.63, 3.8) is 0 Å². The highest BCUT2D eigenvalue weighted by atomic mass is 35.5. The maximum Gasteiger partial charge on any atom is 0.229 e. The van der Waals surface area contributed by atoms with Gasteiger partial charge in [0.1, 0.15) is 12.5 Å². The molecule has 8 heterocycles. The highest BCUT2D eigenvalue weighted by Crippen LogP contribution is 2.39. The fourth-order valence-electron chi connectivity index (χ4n) is 12.9. The van der Waals surface area contributed by atoms with Crippen LogP contribution in [0.15, 0.2) is 170 Å². The van der Waals surface area contributed by atoms with Crippen molar-refractivity contribution in [1.29, 1.82) is 0 Å². The van der Waals surface area contributed by atoms with Crippen LogP contribution in [0.25, 0.3) is 0 Å². The minimum absolute atomic E-state index is 0.00667. The van der Waals surface area contributed by atoms with Gasteiger partial charge in [-0.2, -0.15) is 0 Å². The molecule has 15 heteroatoms. The summed E-state index contributed by atoms with van der Waals surface area (Å²) in [7, 11) is 0. The van der Waals surface area contributed by atoms with Crippen LogP contribution in [-0.2, 0) is 49.7 Å². The number of ether oxygens (including phenoxy) is 4. The Kier molecular flexibility index (Phi) is 15.7. The Bertz CT molecular complexity index is 2770. The largest absolute Gasteiger partial charge is 0.462 e. The number of aromatic nitrogens is 2. The van der Waals surface area contributed by atoms with E-state index in [0.29, 0.717) is 13.1 Å². The van der Waals surface area contributed by atoms with E-state index in [9.17, 15) is 0 Å². The van der Waals surface area contributed by atoms with E-state index in [1.807, 2.05) is 24.3 Å². The molecule has 6 aromatic rings. The fraction of sp³-hybridized carbons (Fsp3) is 0.393. The summed E-state index contributed by atoms with van der Waals surface area (Å²) in [6.45, 7) is 10.7. The number of nitrogens with zero attached hydrogens (tertiary/aromatic N) is 8. The average molecular weight is 1060 g/mol. The molecule has 2 saturated heterocycles. The van der Waals surface area contributed by atoms with Crippen LogP contribution in [0.5, 0.6) is 0 Å². The summed E-state index contributed by atoms with van der Waals surface area (Å²) < 4.78 is 28.3. The molecule has 76 heavy (non-hydrogen) atoms. The van der Waals surface area contributed by atoms with Gasteiger partial charge in [-0.15, -0.1) is 0 Å². The summed E-state index contributed by atoms with van der Waals surface area (Å²) in [5.74, 6) is 1.97. The second-order valence-electron chi connectivity index (χ2n) is 21.0. The van der Waals surface area contributed by atoms with Crippen molar-refractivity contribution >= 4 is 29.0 Å². The van der Waals surface area contributed by atoms with Gasteiger partial charge in [-0.25, -0.2) is 0 Å². The van der Waals surface area contributed by atoms with Crippen molar-refractivity contribution in [1.82, 2.24) is 38.5 Å². The molecule has 13 nitrogen and oxygen atoms in total. The van der Waals surface area contributed by atoms with Gasteiger partial charge in [-0.05, 0) is 71.5 Å². The first kappa shape index (κ1) is 50.9. The SMILES string of the molecule is O=C(C(CN1CCn2cccc2C1c1ccccc1Cl)N1CCN(C(Cc2ccccc2)C2=COCO2)CC1)C(CN1CCn2cccc2C1c1ccccc1Cl)N1CCN(C(Cc2ccccc2)C2=COCO2)CC1. The molecule has 12 rings (SSSR count). The predicted molar refractivity (Wildman–Crippen MR) is 296 cm³/mol. The third-order valence-electron chi connectivity index (χ3n) is 16.8. The summed E-state index contributed by atoms with van der Waals surface area (Å²) in [4.78, 5) is 32.0. The molecule has 2 fully saturated rings. The normalized spacial score (nSPS) is 22.4. The van der Waals surface area contributed by atoms with E-state index >= 15 is 4.79 Å². The lowest BCUT2D eigenvalue weighted by atomic mass is 9.93. The monoisotopic (exact) mass is 1060 g/mol. The first-order chi connectivity index (χ1) is 37.4. The van der Waals surface area contributed by atoms with E-state index in [2.05, 4.69) is 160 Å². The van der Waals surface area contributed by atoms with E-state index in [1.54, 1.807) is 12.5 Å². The van der Waals surface area contributed by atoms with Crippen molar-refractivity contribution in [3.05, 3.63) is 214 Å². The van der Waals surface area contributed by atoms with Crippen LogP contribution in [0.3, 0.4) is 0 Å². The smallest absolute Gasteiger partial charge is 0.229 e. The number of rotatable bonds is 18. The number of benzene rings is 4. The van der Waals surface area contributed by atoms with Crippen molar-refractivity contribution in [3.8, 4) is 0 Å². The lowest BCUT2D eigenvalue weighted by molar-refractivity contribution is -0.134. The molecule has 0 spiro atoms. The van der Waals surface area contributed by atoms with Crippen molar-refractivity contribution in [2.45, 2.75) is 62.2 Å². The van der Waals surface area contributed by atoms with Crippen LogP contribution < -0.4 is 0 Å². The van der Waals surface area contributed by atoms with Gasteiger partial charge in [-0.3, -0.25) is 34.2 Å². The topological polar surface area (TPSA) is 83.3 Å². The molecule has 396 valence electrons. The Labute approximate surface area is 457 Å². The van der Waals surface area contributed by atoms with Gasteiger partial charge >= 0.3 is 0 Å². The van der Waals surface area contributed by atoms with Crippen LogP contribution in [0.1, 0.15) is 45.7 Å². The molecule has 0 radical (unpaired) electrons. The summed E-state index contributed by atoms with van der Waals surface area (Å²) >= 11 is 14.3. The molecule has 4 aromatic carbocycles. The number of carbonyl (C=O) groups excluding carboxylic acids is 1. The van der Waals surface area contributed by atoms with Gasteiger partial charge in [0, 0.05) is 125 Å². The number of hydrogen-bond donors (Lipinski definition) is 0. The molecule has 6 aliphatic heterocycles. The highest BCUT2D eigenvalue weighted by molar-refractivity contribution is 6.31. The Hall–Kier alpha value is -5.87. The van der Waals surface area contributed by atoms with Crippen LogP contribution in [-0.4, -0.2) is 161 Å². The second kappa shape index (κ2) is 23.4. The van der Waals surface area contributed by atoms with Gasteiger partial charge in [0.25, 0.3) is 0 Å². The Morgan fingerprint density at radius 3 is 1.25 bits per heavy atom. The standard InChI is InChI=1S/C61H68Cl2N8O5/c62-49-19-9-7-17-47(49)59-51-21-11-23-64(51)33-35-70(59)39-55(68-29-25-66(26-30-68)53(57-41-73-43-75-57)37-45-13-3-1-4-14-45)61(72)56(40-71-36-34-65-24-12-22-52(65)60(71)48-18-8-10-20-50(48)63)69-31-27-67(28-32-69)54(58-42-74-44-76-58)38-46-15-5-2-6-16-46/h1-24,41-42,53-56,59-60H,25-40,43-44H2.